The average molecular weight is 297 g/mol. The summed E-state index contributed by atoms with van der Waals surface area (Å²) in [5.41, 5.74) is 0. The summed E-state index contributed by atoms with van der Waals surface area (Å²) in [5, 5.41) is 4.16. The molecule has 3 heterocycles. The summed E-state index contributed by atoms with van der Waals surface area (Å²) in [7, 11) is 0. The highest BCUT2D eigenvalue weighted by molar-refractivity contribution is 7.09. The quantitative estimate of drug-likeness (QED) is 0.792. The first-order valence-corrected chi connectivity index (χ1v) is 7.66. The molecule has 1 unspecified atom stereocenters. The van der Waals surface area contributed by atoms with Crippen molar-refractivity contribution in [2.45, 2.75) is 13.0 Å². The van der Waals surface area contributed by atoms with Gasteiger partial charge in [-0.2, -0.15) is 4.37 Å². The van der Waals surface area contributed by atoms with E-state index in [-0.39, 0.29) is 11.9 Å². The molecule has 0 spiro atoms. The molecular weight excluding hydrogens is 278 g/mol. The second-order valence-corrected chi connectivity index (χ2v) is 5.75. The largest absolute Gasteiger partial charge is 0.378 e. The summed E-state index contributed by atoms with van der Waals surface area (Å²) in [4.78, 5) is 20.8. The van der Waals surface area contributed by atoms with Gasteiger partial charge < -0.3 is 19.9 Å². The summed E-state index contributed by atoms with van der Waals surface area (Å²) in [6.45, 7) is 6.91. The van der Waals surface area contributed by atoms with Gasteiger partial charge in [0.2, 0.25) is 11.0 Å². The van der Waals surface area contributed by atoms with Gasteiger partial charge in [0.1, 0.15) is 11.9 Å². The van der Waals surface area contributed by atoms with Gasteiger partial charge in [-0.25, -0.2) is 4.98 Å². The number of hydrogen-bond acceptors (Lipinski definition) is 7. The summed E-state index contributed by atoms with van der Waals surface area (Å²) in [6.07, 6.45) is 0. The first kappa shape index (κ1) is 13.7. The van der Waals surface area contributed by atoms with E-state index >= 15 is 0 Å². The van der Waals surface area contributed by atoms with Crippen LogP contribution >= 0.6 is 11.5 Å². The summed E-state index contributed by atoms with van der Waals surface area (Å²) < 4.78 is 9.55. The smallest absolute Gasteiger partial charge is 0.242 e. The minimum atomic E-state index is -0.181. The monoisotopic (exact) mass is 297 g/mol. The molecule has 0 aliphatic carbocycles. The molecule has 110 valence electrons. The predicted octanol–water partition coefficient (Wildman–Crippen LogP) is -0.516. The van der Waals surface area contributed by atoms with E-state index in [4.69, 9.17) is 4.74 Å². The molecule has 20 heavy (non-hydrogen) atoms. The number of hydrogen-bond donors (Lipinski definition) is 1. The minimum Gasteiger partial charge on any atom is -0.378 e. The Hall–Kier alpha value is -1.25. The molecule has 2 saturated heterocycles. The minimum absolute atomic E-state index is 0.151. The molecule has 1 aromatic rings. The molecule has 7 nitrogen and oxygen atoms in total. The Morgan fingerprint density at radius 2 is 2.20 bits per heavy atom. The van der Waals surface area contributed by atoms with Crippen molar-refractivity contribution in [1.29, 1.82) is 0 Å². The van der Waals surface area contributed by atoms with E-state index in [1.807, 2.05) is 11.8 Å². The highest BCUT2D eigenvalue weighted by Gasteiger charge is 2.29. The van der Waals surface area contributed by atoms with E-state index in [2.05, 4.69) is 19.6 Å². The number of ether oxygens (including phenoxy) is 1. The van der Waals surface area contributed by atoms with E-state index in [1.165, 1.54) is 11.5 Å². The molecule has 0 bridgehead atoms. The fourth-order valence-electron chi connectivity index (χ4n) is 2.48. The van der Waals surface area contributed by atoms with Crippen molar-refractivity contribution in [2.75, 3.05) is 50.8 Å². The number of aryl methyl sites for hydroxylation is 1. The molecule has 0 saturated carbocycles. The number of rotatable bonds is 2. The van der Waals surface area contributed by atoms with Crippen molar-refractivity contribution < 1.29 is 9.53 Å². The van der Waals surface area contributed by atoms with Crippen molar-refractivity contribution in [2.24, 2.45) is 0 Å². The van der Waals surface area contributed by atoms with Crippen molar-refractivity contribution in [1.82, 2.24) is 19.6 Å². The van der Waals surface area contributed by atoms with Crippen LogP contribution in [0, 0.1) is 6.92 Å². The van der Waals surface area contributed by atoms with E-state index < -0.39 is 0 Å². The molecule has 1 aromatic heterocycles. The Morgan fingerprint density at radius 1 is 1.40 bits per heavy atom. The van der Waals surface area contributed by atoms with Gasteiger partial charge in [0.15, 0.2) is 0 Å². The molecule has 1 amide bonds. The number of morpholine rings is 1. The third-order valence-corrected chi connectivity index (χ3v) is 4.47. The SMILES string of the molecule is Cc1nsc(N2CCN(C(=O)C3COCCN3)CC2)n1. The first-order chi connectivity index (χ1) is 9.74. The average Bonchev–Trinajstić information content (AvgIpc) is 2.94. The number of nitrogens with one attached hydrogen (secondary N) is 1. The Balaban J connectivity index is 1.54. The van der Waals surface area contributed by atoms with Crippen molar-refractivity contribution in [3.63, 3.8) is 0 Å². The molecule has 1 N–H and O–H groups in total. The first-order valence-electron chi connectivity index (χ1n) is 6.89. The molecule has 3 rings (SSSR count). The van der Waals surface area contributed by atoms with E-state index in [9.17, 15) is 4.79 Å². The zero-order valence-electron chi connectivity index (χ0n) is 11.5. The van der Waals surface area contributed by atoms with E-state index in [1.54, 1.807) is 0 Å². The predicted molar refractivity (Wildman–Crippen MR) is 76.0 cm³/mol. The van der Waals surface area contributed by atoms with Crippen LogP contribution in [0.15, 0.2) is 0 Å². The lowest BCUT2D eigenvalue weighted by Gasteiger charge is -2.36. The van der Waals surface area contributed by atoms with E-state index in [0.717, 1.165) is 43.7 Å². The van der Waals surface area contributed by atoms with Gasteiger partial charge in [-0.05, 0) is 6.92 Å². The maximum absolute atomic E-state index is 12.3. The van der Waals surface area contributed by atoms with Crippen molar-refractivity contribution >= 4 is 22.6 Å². The van der Waals surface area contributed by atoms with E-state index in [0.29, 0.717) is 13.2 Å². The maximum Gasteiger partial charge on any atom is 0.242 e. The number of aromatic nitrogens is 2. The molecule has 8 heteroatoms. The fourth-order valence-corrected chi connectivity index (χ4v) is 3.20. The molecular formula is C12H19N5O2S. The maximum atomic E-state index is 12.3. The molecule has 0 radical (unpaired) electrons. The summed E-state index contributed by atoms with van der Waals surface area (Å²) in [5.74, 6) is 0.963. The standard InChI is InChI=1S/C12H19N5O2S/c1-9-14-12(20-15-9)17-5-3-16(4-6-17)11(18)10-8-19-7-2-13-10/h10,13H,2-8H2,1H3. The van der Waals surface area contributed by atoms with Crippen LogP contribution < -0.4 is 10.2 Å². The number of carbonyl (C=O) groups excluding carboxylic acids is 1. The van der Waals surface area contributed by atoms with Crippen LogP contribution in [0.5, 0.6) is 0 Å². The molecule has 2 aliphatic rings. The lowest BCUT2D eigenvalue weighted by Crippen LogP contribution is -2.57. The Bertz CT molecular complexity index is 466. The van der Waals surface area contributed by atoms with Crippen molar-refractivity contribution in [3.05, 3.63) is 5.82 Å². The van der Waals surface area contributed by atoms with Gasteiger partial charge in [-0.15, -0.1) is 0 Å². The lowest BCUT2D eigenvalue weighted by molar-refractivity contribution is -0.136. The second-order valence-electron chi connectivity index (χ2n) is 5.02. The van der Waals surface area contributed by atoms with Gasteiger partial charge in [0.25, 0.3) is 0 Å². The zero-order valence-corrected chi connectivity index (χ0v) is 12.4. The number of anilines is 1. The van der Waals surface area contributed by atoms with Gasteiger partial charge in [0, 0.05) is 44.3 Å². The van der Waals surface area contributed by atoms with Gasteiger partial charge in [-0.3, -0.25) is 4.79 Å². The topological polar surface area (TPSA) is 70.6 Å². The number of carbonyl (C=O) groups is 1. The van der Waals surface area contributed by atoms with Gasteiger partial charge >= 0.3 is 0 Å². The van der Waals surface area contributed by atoms with Crippen LogP contribution in [0.2, 0.25) is 0 Å². The van der Waals surface area contributed by atoms with Crippen LogP contribution in [-0.2, 0) is 9.53 Å². The molecule has 1 atom stereocenters. The van der Waals surface area contributed by atoms with Crippen molar-refractivity contribution in [3.8, 4) is 0 Å². The molecule has 0 aromatic carbocycles. The third kappa shape index (κ3) is 2.92. The zero-order chi connectivity index (χ0) is 13.9. The Labute approximate surface area is 122 Å². The lowest BCUT2D eigenvalue weighted by atomic mass is 10.2. The Kier molecular flexibility index (Phi) is 4.13. The summed E-state index contributed by atoms with van der Waals surface area (Å²) >= 11 is 1.42. The fraction of sp³-hybridized carbons (Fsp3) is 0.750. The van der Waals surface area contributed by atoms with Crippen LogP contribution in [0.1, 0.15) is 5.82 Å². The number of amides is 1. The normalized spacial score (nSPS) is 23.9. The van der Waals surface area contributed by atoms with Crippen LogP contribution in [0.25, 0.3) is 0 Å². The molecule has 2 fully saturated rings. The highest BCUT2D eigenvalue weighted by Crippen LogP contribution is 2.18. The highest BCUT2D eigenvalue weighted by atomic mass is 32.1. The Morgan fingerprint density at radius 3 is 2.80 bits per heavy atom. The van der Waals surface area contributed by atoms with Crippen LogP contribution in [0.3, 0.4) is 0 Å². The van der Waals surface area contributed by atoms with Gasteiger partial charge in [0.05, 0.1) is 13.2 Å². The van der Waals surface area contributed by atoms with Gasteiger partial charge in [-0.1, -0.05) is 0 Å². The van der Waals surface area contributed by atoms with Crippen LogP contribution in [-0.4, -0.2) is 72.1 Å². The van der Waals surface area contributed by atoms with Crippen LogP contribution in [0.4, 0.5) is 5.13 Å². The number of piperazine rings is 1. The third-order valence-electron chi connectivity index (χ3n) is 3.60. The molecule has 2 aliphatic heterocycles. The second kappa shape index (κ2) is 6.02. The number of nitrogens with zero attached hydrogens (tertiary/aromatic N) is 4. The summed E-state index contributed by atoms with van der Waals surface area (Å²) in [6, 6.07) is -0.181.